The molecule has 2 unspecified atom stereocenters. The van der Waals surface area contributed by atoms with E-state index in [1.807, 2.05) is 25.1 Å². The Labute approximate surface area is 152 Å². The molecule has 2 aromatic rings. The van der Waals surface area contributed by atoms with E-state index in [0.29, 0.717) is 29.7 Å². The second kappa shape index (κ2) is 5.77. The van der Waals surface area contributed by atoms with Gasteiger partial charge in [0, 0.05) is 12.1 Å². The lowest BCUT2D eigenvalue weighted by molar-refractivity contribution is 0.0785. The number of nitrogens with zero attached hydrogens (tertiary/aromatic N) is 2. The van der Waals surface area contributed by atoms with Crippen LogP contribution in [0.3, 0.4) is 0 Å². The summed E-state index contributed by atoms with van der Waals surface area (Å²) in [5.41, 5.74) is 9.42. The van der Waals surface area contributed by atoms with Gasteiger partial charge in [-0.25, -0.2) is 0 Å². The summed E-state index contributed by atoms with van der Waals surface area (Å²) in [6, 6.07) is 5.69. The van der Waals surface area contributed by atoms with Crippen LogP contribution in [-0.2, 0) is 18.3 Å². The largest absolute Gasteiger partial charge is 0.384 e. The Balaban J connectivity index is 1.79. The van der Waals surface area contributed by atoms with E-state index in [2.05, 4.69) is 17.3 Å². The molecular weight excluding hydrogens is 336 g/mol. The Morgan fingerprint density at radius 1 is 1.48 bits per heavy atom. The summed E-state index contributed by atoms with van der Waals surface area (Å²) in [5, 5.41) is 8.56. The maximum atomic E-state index is 13.5. The fourth-order valence-electron chi connectivity index (χ4n) is 4.12. The van der Waals surface area contributed by atoms with Gasteiger partial charge in [0.25, 0.3) is 5.91 Å². The third-order valence-corrected chi connectivity index (χ3v) is 6.05. The van der Waals surface area contributed by atoms with Gasteiger partial charge in [-0.1, -0.05) is 30.7 Å². The standard InChI is InChI=1S/C19H23ClN4O/c1-11-6-7-12-15(10-11)23-24(17(12)21)18(25)19(2)8-9-22-16-13(19)4-3-5-14(16)20/h3-5,11,22H,6-10,21H2,1-2H3. The molecule has 1 aromatic carbocycles. The lowest BCUT2D eigenvalue weighted by Crippen LogP contribution is -2.42. The van der Waals surface area contributed by atoms with Crippen LogP contribution in [0.1, 0.15) is 48.3 Å². The normalized spacial score (nSPS) is 25.0. The summed E-state index contributed by atoms with van der Waals surface area (Å²) >= 11 is 6.33. The van der Waals surface area contributed by atoms with Crippen molar-refractivity contribution in [2.24, 2.45) is 5.92 Å². The van der Waals surface area contributed by atoms with Gasteiger partial charge in [-0.15, -0.1) is 0 Å². The minimum Gasteiger partial charge on any atom is -0.384 e. The van der Waals surface area contributed by atoms with E-state index >= 15 is 0 Å². The fraction of sp³-hybridized carbons (Fsp3) is 0.474. The Morgan fingerprint density at radius 3 is 3.08 bits per heavy atom. The van der Waals surface area contributed by atoms with Crippen LogP contribution in [-0.4, -0.2) is 22.2 Å². The van der Waals surface area contributed by atoms with E-state index in [0.717, 1.165) is 41.8 Å². The molecule has 6 heteroatoms. The van der Waals surface area contributed by atoms with Crippen molar-refractivity contribution >= 4 is 29.0 Å². The van der Waals surface area contributed by atoms with Crippen molar-refractivity contribution in [3.63, 3.8) is 0 Å². The average molecular weight is 359 g/mol. The number of anilines is 2. The van der Waals surface area contributed by atoms with E-state index in [4.69, 9.17) is 17.3 Å². The first kappa shape index (κ1) is 16.5. The number of hydrogen-bond acceptors (Lipinski definition) is 4. The topological polar surface area (TPSA) is 72.9 Å². The third kappa shape index (κ3) is 2.44. The summed E-state index contributed by atoms with van der Waals surface area (Å²) in [6.07, 6.45) is 3.56. The summed E-state index contributed by atoms with van der Waals surface area (Å²) in [7, 11) is 0. The fourth-order valence-corrected chi connectivity index (χ4v) is 4.36. The lowest BCUT2D eigenvalue weighted by Gasteiger charge is -2.35. The molecule has 2 heterocycles. The number of halogens is 1. The van der Waals surface area contributed by atoms with Crippen molar-refractivity contribution in [1.29, 1.82) is 0 Å². The molecule has 5 nitrogen and oxygen atoms in total. The molecule has 4 rings (SSSR count). The van der Waals surface area contributed by atoms with Gasteiger partial charge in [-0.05, 0) is 50.2 Å². The molecule has 0 fully saturated rings. The van der Waals surface area contributed by atoms with Crippen LogP contribution in [0, 0.1) is 5.92 Å². The van der Waals surface area contributed by atoms with Crippen LogP contribution in [0.15, 0.2) is 18.2 Å². The number of fused-ring (bicyclic) bond motifs is 2. The highest BCUT2D eigenvalue weighted by Gasteiger charge is 2.42. The Hall–Kier alpha value is -2.01. The van der Waals surface area contributed by atoms with Crippen molar-refractivity contribution in [1.82, 2.24) is 9.78 Å². The summed E-state index contributed by atoms with van der Waals surface area (Å²) < 4.78 is 1.44. The monoisotopic (exact) mass is 358 g/mol. The Bertz CT molecular complexity index is 859. The molecular formula is C19H23ClN4O. The number of nitrogens with two attached hydrogens (primary N) is 1. The molecule has 0 saturated carbocycles. The molecule has 25 heavy (non-hydrogen) atoms. The van der Waals surface area contributed by atoms with Crippen LogP contribution >= 0.6 is 11.6 Å². The Kier molecular flexibility index (Phi) is 3.80. The van der Waals surface area contributed by atoms with Crippen LogP contribution < -0.4 is 11.1 Å². The van der Waals surface area contributed by atoms with E-state index in [1.165, 1.54) is 4.68 Å². The Morgan fingerprint density at radius 2 is 2.28 bits per heavy atom. The van der Waals surface area contributed by atoms with Gasteiger partial charge in [-0.2, -0.15) is 9.78 Å². The molecule has 0 saturated heterocycles. The number of benzene rings is 1. The van der Waals surface area contributed by atoms with E-state index < -0.39 is 5.41 Å². The number of carbonyl (C=O) groups is 1. The van der Waals surface area contributed by atoms with Crippen molar-refractivity contribution in [3.05, 3.63) is 40.0 Å². The smallest absolute Gasteiger partial charge is 0.259 e. The number of hydrogen-bond donors (Lipinski definition) is 2. The van der Waals surface area contributed by atoms with Gasteiger partial charge in [-0.3, -0.25) is 4.79 Å². The molecule has 1 aliphatic carbocycles. The molecule has 1 aliphatic heterocycles. The average Bonchev–Trinajstić information content (AvgIpc) is 2.91. The summed E-state index contributed by atoms with van der Waals surface area (Å²) in [4.78, 5) is 13.5. The maximum Gasteiger partial charge on any atom is 0.259 e. The highest BCUT2D eigenvalue weighted by Crippen LogP contribution is 2.42. The van der Waals surface area contributed by atoms with Crippen molar-refractivity contribution < 1.29 is 4.79 Å². The van der Waals surface area contributed by atoms with Crippen LogP contribution in [0.4, 0.5) is 11.5 Å². The molecule has 0 radical (unpaired) electrons. The van der Waals surface area contributed by atoms with Crippen LogP contribution in [0.2, 0.25) is 5.02 Å². The van der Waals surface area contributed by atoms with Crippen molar-refractivity contribution in [3.8, 4) is 0 Å². The first-order chi connectivity index (χ1) is 11.9. The van der Waals surface area contributed by atoms with Gasteiger partial charge in [0.05, 0.1) is 21.8 Å². The SMILES string of the molecule is CC1CCc2c(nn(C(=O)C3(C)CCNc4c(Cl)cccc43)c2N)C1. The zero-order chi connectivity index (χ0) is 17.8. The molecule has 132 valence electrons. The zero-order valence-corrected chi connectivity index (χ0v) is 15.4. The van der Waals surface area contributed by atoms with Gasteiger partial charge in [0.1, 0.15) is 5.82 Å². The van der Waals surface area contributed by atoms with Crippen LogP contribution in [0.25, 0.3) is 0 Å². The predicted octanol–water partition coefficient (Wildman–Crippen LogP) is 3.66. The molecule has 2 atom stereocenters. The first-order valence-corrected chi connectivity index (χ1v) is 9.23. The van der Waals surface area contributed by atoms with E-state index in [9.17, 15) is 4.79 Å². The number of carbonyl (C=O) groups excluding carboxylic acids is 1. The highest BCUT2D eigenvalue weighted by atomic mass is 35.5. The highest BCUT2D eigenvalue weighted by molar-refractivity contribution is 6.33. The summed E-state index contributed by atoms with van der Waals surface area (Å²) in [6.45, 7) is 4.87. The quantitative estimate of drug-likeness (QED) is 0.816. The predicted molar refractivity (Wildman–Crippen MR) is 100 cm³/mol. The number of rotatable bonds is 1. The molecule has 0 amide bonds. The molecule has 3 N–H and O–H groups in total. The van der Waals surface area contributed by atoms with Gasteiger partial charge in [0.2, 0.25) is 0 Å². The summed E-state index contributed by atoms with van der Waals surface area (Å²) in [5.74, 6) is 1.02. The maximum absolute atomic E-state index is 13.5. The second-order valence-corrected chi connectivity index (χ2v) is 7.95. The lowest BCUT2D eigenvalue weighted by atomic mass is 9.75. The number of nitrogen functional groups attached to an aromatic ring is 1. The van der Waals surface area contributed by atoms with E-state index in [1.54, 1.807) is 0 Å². The minimum atomic E-state index is -0.695. The van der Waals surface area contributed by atoms with Gasteiger partial charge < -0.3 is 11.1 Å². The first-order valence-electron chi connectivity index (χ1n) is 8.85. The minimum absolute atomic E-state index is 0.0722. The second-order valence-electron chi connectivity index (χ2n) is 7.55. The molecule has 0 spiro atoms. The molecule has 1 aromatic heterocycles. The van der Waals surface area contributed by atoms with Gasteiger partial charge in [0.15, 0.2) is 0 Å². The molecule has 2 aliphatic rings. The molecule has 0 bridgehead atoms. The van der Waals surface area contributed by atoms with Crippen molar-refractivity contribution in [2.45, 2.75) is 44.9 Å². The zero-order valence-electron chi connectivity index (χ0n) is 14.6. The van der Waals surface area contributed by atoms with E-state index in [-0.39, 0.29) is 5.91 Å². The van der Waals surface area contributed by atoms with Crippen LogP contribution in [0.5, 0.6) is 0 Å². The third-order valence-electron chi connectivity index (χ3n) is 5.73. The van der Waals surface area contributed by atoms with Gasteiger partial charge >= 0.3 is 0 Å². The number of para-hydroxylation sites is 1. The van der Waals surface area contributed by atoms with Crippen molar-refractivity contribution in [2.75, 3.05) is 17.6 Å². The number of nitrogens with one attached hydrogen (secondary N) is 1. The number of aromatic nitrogens is 2.